The summed E-state index contributed by atoms with van der Waals surface area (Å²) in [5.41, 5.74) is 3.10. The highest BCUT2D eigenvalue weighted by molar-refractivity contribution is 5.64. The zero-order valence-electron chi connectivity index (χ0n) is 16.7. The Balaban J connectivity index is 1.56. The standard InChI is InChI=1S/C21H21N7O3/c29-21(30)22-14-16-12-19-23-18(13-20(28(19)24-16)26-8-10-31-11-9-26)27-7-6-17(25-27)15-4-2-1-3-5-15/h1-7,12-13,22H,8-11,14H2,(H,29,30). The molecule has 158 valence electrons. The van der Waals surface area contributed by atoms with Gasteiger partial charge in [0.15, 0.2) is 11.5 Å². The molecule has 2 N–H and O–H groups in total. The number of ether oxygens (including phenoxy) is 1. The van der Waals surface area contributed by atoms with Gasteiger partial charge in [-0.25, -0.2) is 14.5 Å². The largest absolute Gasteiger partial charge is 0.465 e. The summed E-state index contributed by atoms with van der Waals surface area (Å²) in [4.78, 5) is 17.8. The van der Waals surface area contributed by atoms with Crippen LogP contribution in [0.4, 0.5) is 10.6 Å². The van der Waals surface area contributed by atoms with Gasteiger partial charge in [0.1, 0.15) is 5.82 Å². The van der Waals surface area contributed by atoms with Crippen molar-refractivity contribution in [1.82, 2.24) is 29.7 Å². The number of carbonyl (C=O) groups is 1. The third-order valence-electron chi connectivity index (χ3n) is 5.09. The molecule has 1 fully saturated rings. The van der Waals surface area contributed by atoms with Gasteiger partial charge in [-0.3, -0.25) is 0 Å². The van der Waals surface area contributed by atoms with E-state index in [4.69, 9.17) is 19.9 Å². The Bertz CT molecular complexity index is 1210. The van der Waals surface area contributed by atoms with E-state index in [2.05, 4.69) is 15.3 Å². The molecule has 1 aromatic carbocycles. The number of amides is 1. The van der Waals surface area contributed by atoms with E-state index in [1.54, 1.807) is 15.3 Å². The van der Waals surface area contributed by atoms with Gasteiger partial charge in [-0.15, -0.1) is 0 Å². The fourth-order valence-electron chi connectivity index (χ4n) is 3.60. The molecule has 4 aromatic rings. The van der Waals surface area contributed by atoms with E-state index in [9.17, 15) is 4.79 Å². The van der Waals surface area contributed by atoms with Crippen LogP contribution in [0, 0.1) is 0 Å². The number of fused-ring (bicyclic) bond motifs is 1. The number of anilines is 1. The molecule has 31 heavy (non-hydrogen) atoms. The lowest BCUT2D eigenvalue weighted by molar-refractivity contribution is 0.122. The van der Waals surface area contributed by atoms with Gasteiger partial charge in [0.05, 0.1) is 31.1 Å². The first-order valence-corrected chi connectivity index (χ1v) is 9.98. The van der Waals surface area contributed by atoms with Crippen molar-refractivity contribution in [3.63, 3.8) is 0 Å². The Morgan fingerprint density at radius 2 is 1.90 bits per heavy atom. The second-order valence-electron chi connectivity index (χ2n) is 7.15. The predicted octanol–water partition coefficient (Wildman–Crippen LogP) is 2.19. The normalized spacial score (nSPS) is 14.1. The van der Waals surface area contributed by atoms with Crippen molar-refractivity contribution in [2.75, 3.05) is 31.2 Å². The summed E-state index contributed by atoms with van der Waals surface area (Å²) in [6, 6.07) is 15.6. The van der Waals surface area contributed by atoms with Gasteiger partial charge >= 0.3 is 6.09 Å². The molecule has 0 bridgehead atoms. The zero-order valence-corrected chi connectivity index (χ0v) is 16.7. The van der Waals surface area contributed by atoms with Crippen LogP contribution in [0.5, 0.6) is 0 Å². The first kappa shape index (κ1) is 19.1. The Morgan fingerprint density at radius 1 is 1.10 bits per heavy atom. The van der Waals surface area contributed by atoms with Crippen LogP contribution in [0.1, 0.15) is 5.69 Å². The first-order chi connectivity index (χ1) is 15.2. The summed E-state index contributed by atoms with van der Waals surface area (Å²) in [7, 11) is 0. The summed E-state index contributed by atoms with van der Waals surface area (Å²) in [5.74, 6) is 1.52. The number of rotatable bonds is 5. The molecule has 5 rings (SSSR count). The van der Waals surface area contributed by atoms with Gasteiger partial charge in [-0.2, -0.15) is 14.7 Å². The van der Waals surface area contributed by atoms with Crippen LogP contribution in [-0.2, 0) is 11.3 Å². The van der Waals surface area contributed by atoms with E-state index < -0.39 is 6.09 Å². The van der Waals surface area contributed by atoms with Crippen LogP contribution in [0.25, 0.3) is 22.7 Å². The van der Waals surface area contributed by atoms with Crippen molar-refractivity contribution in [3.05, 3.63) is 60.4 Å². The fourth-order valence-corrected chi connectivity index (χ4v) is 3.60. The molecule has 0 aliphatic carbocycles. The molecular formula is C21H21N7O3. The van der Waals surface area contributed by atoms with Gasteiger partial charge in [0, 0.05) is 37.0 Å². The summed E-state index contributed by atoms with van der Waals surface area (Å²) in [5, 5.41) is 20.5. The van der Waals surface area contributed by atoms with Crippen LogP contribution in [-0.4, -0.2) is 61.9 Å². The number of hydrogen-bond donors (Lipinski definition) is 2. The average molecular weight is 419 g/mol. The average Bonchev–Trinajstić information content (AvgIpc) is 3.45. The van der Waals surface area contributed by atoms with E-state index in [1.807, 2.05) is 48.7 Å². The summed E-state index contributed by atoms with van der Waals surface area (Å²) >= 11 is 0. The highest BCUT2D eigenvalue weighted by atomic mass is 16.5. The molecule has 10 nitrogen and oxygen atoms in total. The van der Waals surface area contributed by atoms with E-state index in [0.29, 0.717) is 30.4 Å². The van der Waals surface area contributed by atoms with Crippen molar-refractivity contribution >= 4 is 17.6 Å². The third kappa shape index (κ3) is 3.92. The number of nitrogens with one attached hydrogen (secondary N) is 1. The van der Waals surface area contributed by atoms with E-state index in [0.717, 1.165) is 30.2 Å². The lowest BCUT2D eigenvalue weighted by Gasteiger charge is -2.29. The van der Waals surface area contributed by atoms with Gasteiger partial charge in [-0.05, 0) is 6.07 Å². The molecule has 3 aromatic heterocycles. The van der Waals surface area contributed by atoms with Crippen molar-refractivity contribution in [2.24, 2.45) is 0 Å². The molecule has 1 aliphatic heterocycles. The van der Waals surface area contributed by atoms with Crippen molar-refractivity contribution < 1.29 is 14.6 Å². The van der Waals surface area contributed by atoms with Gasteiger partial charge in [0.25, 0.3) is 0 Å². The Hall–Kier alpha value is -3.92. The number of nitrogens with zero attached hydrogens (tertiary/aromatic N) is 6. The Labute approximate surface area is 177 Å². The molecule has 0 unspecified atom stereocenters. The minimum Gasteiger partial charge on any atom is -0.465 e. The van der Waals surface area contributed by atoms with Crippen LogP contribution >= 0.6 is 0 Å². The minimum absolute atomic E-state index is 0.108. The van der Waals surface area contributed by atoms with Crippen LogP contribution in [0.2, 0.25) is 0 Å². The number of morpholine rings is 1. The van der Waals surface area contributed by atoms with Crippen LogP contribution in [0.15, 0.2) is 54.7 Å². The summed E-state index contributed by atoms with van der Waals surface area (Å²) < 4.78 is 8.98. The number of benzene rings is 1. The van der Waals surface area contributed by atoms with Crippen molar-refractivity contribution in [1.29, 1.82) is 0 Å². The molecule has 4 heterocycles. The quantitative estimate of drug-likeness (QED) is 0.510. The van der Waals surface area contributed by atoms with E-state index in [1.165, 1.54) is 0 Å². The lowest BCUT2D eigenvalue weighted by atomic mass is 10.2. The predicted molar refractivity (Wildman–Crippen MR) is 113 cm³/mol. The second-order valence-corrected chi connectivity index (χ2v) is 7.15. The second kappa shape index (κ2) is 8.07. The molecular weight excluding hydrogens is 398 g/mol. The number of carboxylic acid groups (broad SMARTS) is 1. The van der Waals surface area contributed by atoms with Crippen LogP contribution < -0.4 is 10.2 Å². The summed E-state index contributed by atoms with van der Waals surface area (Å²) in [6.45, 7) is 2.84. The summed E-state index contributed by atoms with van der Waals surface area (Å²) in [6.07, 6.45) is 0.789. The van der Waals surface area contributed by atoms with Gasteiger partial charge in [0.2, 0.25) is 0 Å². The topological polar surface area (TPSA) is 110 Å². The molecule has 0 atom stereocenters. The highest BCUT2D eigenvalue weighted by Crippen LogP contribution is 2.23. The molecule has 1 aliphatic rings. The zero-order chi connectivity index (χ0) is 21.2. The maximum atomic E-state index is 10.9. The van der Waals surface area contributed by atoms with E-state index in [-0.39, 0.29) is 6.54 Å². The van der Waals surface area contributed by atoms with E-state index >= 15 is 0 Å². The number of aromatic nitrogens is 5. The minimum atomic E-state index is -1.09. The maximum absolute atomic E-state index is 10.9. The maximum Gasteiger partial charge on any atom is 0.404 e. The Morgan fingerprint density at radius 3 is 2.68 bits per heavy atom. The van der Waals surface area contributed by atoms with Gasteiger partial charge < -0.3 is 20.1 Å². The SMILES string of the molecule is O=C(O)NCc1cc2nc(-n3ccc(-c4ccccc4)n3)cc(N3CCOCC3)n2n1. The Kier molecular flexibility index (Phi) is 4.97. The smallest absolute Gasteiger partial charge is 0.404 e. The molecule has 0 spiro atoms. The van der Waals surface area contributed by atoms with Crippen molar-refractivity contribution in [2.45, 2.75) is 6.54 Å². The highest BCUT2D eigenvalue weighted by Gasteiger charge is 2.19. The third-order valence-corrected chi connectivity index (χ3v) is 5.09. The molecule has 10 heteroatoms. The molecule has 1 saturated heterocycles. The lowest BCUT2D eigenvalue weighted by Crippen LogP contribution is -2.37. The molecule has 0 radical (unpaired) electrons. The fraction of sp³-hybridized carbons (Fsp3) is 0.238. The van der Waals surface area contributed by atoms with Crippen molar-refractivity contribution in [3.8, 4) is 17.1 Å². The van der Waals surface area contributed by atoms with Crippen LogP contribution in [0.3, 0.4) is 0 Å². The first-order valence-electron chi connectivity index (χ1n) is 9.98. The van der Waals surface area contributed by atoms with Gasteiger partial charge in [-0.1, -0.05) is 30.3 Å². The number of hydrogen-bond acceptors (Lipinski definition) is 6. The monoisotopic (exact) mass is 419 g/mol. The molecule has 1 amide bonds. The molecule has 0 saturated carbocycles.